The van der Waals surface area contributed by atoms with Gasteiger partial charge in [0.1, 0.15) is 11.4 Å². The van der Waals surface area contributed by atoms with Crippen LogP contribution in [0.25, 0.3) is 0 Å². The van der Waals surface area contributed by atoms with Crippen LogP contribution in [0.1, 0.15) is 43.4 Å². The van der Waals surface area contributed by atoms with Crippen LogP contribution in [0.15, 0.2) is 11.0 Å². The molecule has 0 unspecified atom stereocenters. The van der Waals surface area contributed by atoms with Crippen LogP contribution in [-0.2, 0) is 6.42 Å². The average molecular weight is 236 g/mol. The number of hydrogen-bond donors (Lipinski definition) is 1. The molecule has 0 saturated carbocycles. The van der Waals surface area contributed by atoms with Crippen molar-refractivity contribution in [1.29, 1.82) is 0 Å². The molecule has 0 saturated heterocycles. The van der Waals surface area contributed by atoms with Gasteiger partial charge in [0.2, 0.25) is 0 Å². The third kappa shape index (κ3) is 2.08. The highest BCUT2D eigenvalue weighted by atomic mass is 32.1. The van der Waals surface area contributed by atoms with E-state index < -0.39 is 0 Å². The van der Waals surface area contributed by atoms with Crippen molar-refractivity contribution < 1.29 is 4.74 Å². The summed E-state index contributed by atoms with van der Waals surface area (Å²) in [7, 11) is 0. The molecule has 0 atom stereocenters. The molecule has 2 rings (SSSR count). The summed E-state index contributed by atoms with van der Waals surface area (Å²) in [6, 6.07) is 2.14. The predicted molar refractivity (Wildman–Crippen MR) is 70.8 cm³/mol. The second-order valence-electron chi connectivity index (χ2n) is 5.36. The number of benzene rings is 1. The molecule has 0 N–H and O–H groups in total. The van der Waals surface area contributed by atoms with Gasteiger partial charge in [-0.25, -0.2) is 0 Å². The van der Waals surface area contributed by atoms with Crippen LogP contribution in [-0.4, -0.2) is 5.60 Å². The minimum atomic E-state index is -0.0394. The summed E-state index contributed by atoms with van der Waals surface area (Å²) in [4.78, 5) is 1.11. The van der Waals surface area contributed by atoms with Gasteiger partial charge in [-0.2, -0.15) is 0 Å². The smallest absolute Gasteiger partial charge is 0.123 e. The zero-order valence-corrected chi connectivity index (χ0v) is 11.4. The van der Waals surface area contributed by atoms with Gasteiger partial charge in [-0.15, -0.1) is 12.6 Å². The highest BCUT2D eigenvalue weighted by molar-refractivity contribution is 7.80. The van der Waals surface area contributed by atoms with Crippen molar-refractivity contribution in [2.75, 3.05) is 0 Å². The number of fused-ring (bicyclic) bond motifs is 1. The molecule has 1 aromatic carbocycles. The van der Waals surface area contributed by atoms with Crippen molar-refractivity contribution in [3.8, 4) is 5.75 Å². The highest BCUT2D eigenvalue weighted by Crippen LogP contribution is 2.37. The fourth-order valence-corrected chi connectivity index (χ4v) is 2.62. The number of ether oxygens (including phenoxy) is 1. The molecule has 2 heteroatoms. The maximum absolute atomic E-state index is 6.13. The Morgan fingerprint density at radius 2 is 2.00 bits per heavy atom. The first-order chi connectivity index (χ1) is 7.41. The Labute approximate surface area is 104 Å². The summed E-state index contributed by atoms with van der Waals surface area (Å²) in [5.74, 6) is 1.07. The van der Waals surface area contributed by atoms with Crippen molar-refractivity contribution in [2.24, 2.45) is 0 Å². The van der Waals surface area contributed by atoms with Gasteiger partial charge in [0.15, 0.2) is 0 Å². The summed E-state index contributed by atoms with van der Waals surface area (Å²) in [6.07, 6.45) is 3.41. The van der Waals surface area contributed by atoms with Crippen LogP contribution in [0.5, 0.6) is 5.75 Å². The summed E-state index contributed by atoms with van der Waals surface area (Å²) in [5.41, 5.74) is 3.80. The number of hydrogen-bond acceptors (Lipinski definition) is 2. The number of rotatable bonds is 0. The van der Waals surface area contributed by atoms with Crippen molar-refractivity contribution >= 4 is 12.6 Å². The molecule has 0 radical (unpaired) electrons. The molecule has 0 bridgehead atoms. The molecule has 0 aliphatic carbocycles. The monoisotopic (exact) mass is 236 g/mol. The molecular weight excluding hydrogens is 216 g/mol. The first-order valence-corrected chi connectivity index (χ1v) is 6.36. The molecule has 0 spiro atoms. The third-order valence-corrected chi connectivity index (χ3v) is 4.11. The maximum atomic E-state index is 6.13. The standard InChI is InChI=1S/C14H20OS/c1-9-8-12-11(10(2)13(9)16)6-5-7-14(3,4)15-12/h8,16H,5-7H2,1-4H3. The fraction of sp³-hybridized carbons (Fsp3) is 0.571. The van der Waals surface area contributed by atoms with E-state index in [4.69, 9.17) is 4.74 Å². The van der Waals surface area contributed by atoms with Crippen LogP contribution in [0, 0.1) is 13.8 Å². The van der Waals surface area contributed by atoms with E-state index in [1.54, 1.807) is 0 Å². The molecule has 0 amide bonds. The van der Waals surface area contributed by atoms with Crippen LogP contribution in [0.2, 0.25) is 0 Å². The van der Waals surface area contributed by atoms with E-state index in [1.165, 1.54) is 23.1 Å². The van der Waals surface area contributed by atoms with Gasteiger partial charge in [0.05, 0.1) is 0 Å². The first-order valence-electron chi connectivity index (χ1n) is 5.92. The largest absolute Gasteiger partial charge is 0.488 e. The van der Waals surface area contributed by atoms with Crippen molar-refractivity contribution in [1.82, 2.24) is 0 Å². The second-order valence-corrected chi connectivity index (χ2v) is 5.81. The molecule has 1 nitrogen and oxygen atoms in total. The van der Waals surface area contributed by atoms with E-state index in [-0.39, 0.29) is 5.60 Å². The van der Waals surface area contributed by atoms with E-state index >= 15 is 0 Å². The van der Waals surface area contributed by atoms with Gasteiger partial charge in [-0.05, 0) is 69.7 Å². The van der Waals surface area contributed by atoms with E-state index in [2.05, 4.69) is 46.4 Å². The Morgan fingerprint density at radius 3 is 2.69 bits per heavy atom. The van der Waals surface area contributed by atoms with Gasteiger partial charge < -0.3 is 4.74 Å². The van der Waals surface area contributed by atoms with Gasteiger partial charge in [0, 0.05) is 4.90 Å². The Hall–Kier alpha value is -0.630. The third-order valence-electron chi connectivity index (χ3n) is 3.42. The van der Waals surface area contributed by atoms with Gasteiger partial charge in [-0.1, -0.05) is 0 Å². The summed E-state index contributed by atoms with van der Waals surface area (Å²) >= 11 is 4.57. The summed E-state index contributed by atoms with van der Waals surface area (Å²) < 4.78 is 6.13. The fourth-order valence-electron chi connectivity index (χ4n) is 2.42. The minimum Gasteiger partial charge on any atom is -0.488 e. The zero-order valence-electron chi connectivity index (χ0n) is 10.6. The zero-order chi connectivity index (χ0) is 11.9. The molecule has 0 fully saturated rings. The molecule has 1 aromatic rings. The molecule has 1 heterocycles. The number of thiol groups is 1. The molecule has 88 valence electrons. The van der Waals surface area contributed by atoms with Gasteiger partial charge >= 0.3 is 0 Å². The van der Waals surface area contributed by atoms with E-state index in [9.17, 15) is 0 Å². The van der Waals surface area contributed by atoms with Crippen molar-refractivity contribution in [2.45, 2.75) is 57.5 Å². The summed E-state index contributed by atoms with van der Waals surface area (Å²) in [6.45, 7) is 8.58. The van der Waals surface area contributed by atoms with Crippen LogP contribution >= 0.6 is 12.6 Å². The normalized spacial score (nSPS) is 18.6. The molecule has 1 aliphatic heterocycles. The molecule has 1 aliphatic rings. The van der Waals surface area contributed by atoms with E-state index in [1.807, 2.05) is 0 Å². The van der Waals surface area contributed by atoms with Gasteiger partial charge in [-0.3, -0.25) is 0 Å². The van der Waals surface area contributed by atoms with Gasteiger partial charge in [0.25, 0.3) is 0 Å². The van der Waals surface area contributed by atoms with Crippen molar-refractivity contribution in [3.05, 3.63) is 22.8 Å². The topological polar surface area (TPSA) is 9.23 Å². The van der Waals surface area contributed by atoms with Crippen LogP contribution in [0.4, 0.5) is 0 Å². The Balaban J connectivity index is 2.54. The SMILES string of the molecule is Cc1cc2c(c(C)c1S)CCCC(C)(C)O2. The Morgan fingerprint density at radius 1 is 1.31 bits per heavy atom. The number of aryl methyl sites for hydroxylation is 1. The quantitative estimate of drug-likeness (QED) is 0.668. The van der Waals surface area contributed by atoms with E-state index in [0.717, 1.165) is 23.5 Å². The Kier molecular flexibility index (Phi) is 2.95. The van der Waals surface area contributed by atoms with Crippen molar-refractivity contribution in [3.63, 3.8) is 0 Å². The lowest BCUT2D eigenvalue weighted by Gasteiger charge is -2.25. The lowest BCUT2D eigenvalue weighted by atomic mass is 9.98. The Bertz CT molecular complexity index is 421. The molecule has 16 heavy (non-hydrogen) atoms. The lowest BCUT2D eigenvalue weighted by molar-refractivity contribution is 0.103. The lowest BCUT2D eigenvalue weighted by Crippen LogP contribution is -2.27. The molecule has 0 aromatic heterocycles. The van der Waals surface area contributed by atoms with E-state index in [0.29, 0.717) is 0 Å². The average Bonchev–Trinajstić information content (AvgIpc) is 2.32. The van der Waals surface area contributed by atoms with Crippen LogP contribution < -0.4 is 4.74 Å². The minimum absolute atomic E-state index is 0.0394. The second kappa shape index (κ2) is 3.99. The highest BCUT2D eigenvalue weighted by Gasteiger charge is 2.26. The summed E-state index contributed by atoms with van der Waals surface area (Å²) in [5, 5.41) is 0. The maximum Gasteiger partial charge on any atom is 0.123 e. The first kappa shape index (κ1) is 11.8. The van der Waals surface area contributed by atoms with Crippen LogP contribution in [0.3, 0.4) is 0 Å². The predicted octanol–water partition coefficient (Wildman–Crippen LogP) is 4.09. The molecular formula is C14H20OS.